The first-order chi connectivity index (χ1) is 14.6. The van der Waals surface area contributed by atoms with Gasteiger partial charge in [-0.2, -0.15) is 0 Å². The third kappa shape index (κ3) is 4.46. The molecule has 2 N–H and O–H groups in total. The number of rotatable bonds is 7. The Morgan fingerprint density at radius 2 is 1.73 bits per heavy atom. The average molecular weight is 419 g/mol. The van der Waals surface area contributed by atoms with Crippen LogP contribution in [0, 0.1) is 13.8 Å². The predicted octanol–water partition coefficient (Wildman–Crippen LogP) is 6.56. The van der Waals surface area contributed by atoms with Crippen molar-refractivity contribution in [2.45, 2.75) is 37.5 Å². The Kier molecular flexibility index (Phi) is 6.00. The van der Waals surface area contributed by atoms with Crippen LogP contribution in [0.1, 0.15) is 45.8 Å². The van der Waals surface area contributed by atoms with Crippen molar-refractivity contribution in [1.82, 2.24) is 0 Å². The zero-order valence-corrected chi connectivity index (χ0v) is 18.3. The monoisotopic (exact) mass is 418 g/mol. The van der Waals surface area contributed by atoms with Gasteiger partial charge in [0.15, 0.2) is 0 Å². The molecular formula is C25H26N2O2S. The molecule has 1 aliphatic rings. The summed E-state index contributed by atoms with van der Waals surface area (Å²) in [6.45, 7) is 4.17. The van der Waals surface area contributed by atoms with Crippen molar-refractivity contribution in [1.29, 1.82) is 0 Å². The maximum absolute atomic E-state index is 12.9. The summed E-state index contributed by atoms with van der Waals surface area (Å²) in [6, 6.07) is 19.8. The van der Waals surface area contributed by atoms with E-state index in [1.54, 1.807) is 7.11 Å². The van der Waals surface area contributed by atoms with E-state index in [1.807, 2.05) is 36.4 Å². The molecule has 3 aromatic rings. The van der Waals surface area contributed by atoms with E-state index in [0.717, 1.165) is 46.0 Å². The van der Waals surface area contributed by atoms with Gasteiger partial charge in [-0.15, -0.1) is 0 Å². The van der Waals surface area contributed by atoms with Crippen LogP contribution >= 0.6 is 11.9 Å². The molecule has 30 heavy (non-hydrogen) atoms. The second-order valence-corrected chi connectivity index (χ2v) is 8.50. The van der Waals surface area contributed by atoms with Gasteiger partial charge in [0, 0.05) is 11.3 Å². The number of ether oxygens (including phenoxy) is 1. The fourth-order valence-corrected chi connectivity index (χ4v) is 4.54. The molecule has 4 rings (SSSR count). The van der Waals surface area contributed by atoms with E-state index in [0.29, 0.717) is 5.92 Å². The van der Waals surface area contributed by atoms with Crippen LogP contribution in [0.4, 0.5) is 11.4 Å². The van der Waals surface area contributed by atoms with Gasteiger partial charge in [-0.25, -0.2) is 0 Å². The molecule has 0 spiro atoms. The number of anilines is 2. The quantitative estimate of drug-likeness (QED) is 0.427. The number of carbonyl (C=O) groups excluding carboxylic acids is 1. The van der Waals surface area contributed by atoms with Gasteiger partial charge in [-0.3, -0.25) is 4.79 Å². The van der Waals surface area contributed by atoms with Crippen LogP contribution in [0.15, 0.2) is 65.6 Å². The van der Waals surface area contributed by atoms with Gasteiger partial charge in [0.25, 0.3) is 5.91 Å². The summed E-state index contributed by atoms with van der Waals surface area (Å²) in [7, 11) is 1.66. The molecule has 0 aliphatic heterocycles. The van der Waals surface area contributed by atoms with Crippen molar-refractivity contribution >= 4 is 29.2 Å². The number of amides is 1. The minimum Gasteiger partial charge on any atom is -0.496 e. The summed E-state index contributed by atoms with van der Waals surface area (Å²) in [5.74, 6) is 1.21. The maximum Gasteiger partial charge on any atom is 0.255 e. The predicted molar refractivity (Wildman–Crippen MR) is 125 cm³/mol. The fourth-order valence-electron chi connectivity index (χ4n) is 3.57. The number of nitrogens with one attached hydrogen (secondary N) is 2. The highest BCUT2D eigenvalue weighted by atomic mass is 32.2. The number of hydrogen-bond donors (Lipinski definition) is 2. The highest BCUT2D eigenvalue weighted by Gasteiger charge is 2.27. The lowest BCUT2D eigenvalue weighted by Gasteiger charge is -2.15. The van der Waals surface area contributed by atoms with Gasteiger partial charge in [0.1, 0.15) is 5.75 Å². The molecule has 1 aliphatic carbocycles. The van der Waals surface area contributed by atoms with Crippen molar-refractivity contribution in [2.75, 3.05) is 17.1 Å². The smallest absolute Gasteiger partial charge is 0.255 e. The van der Waals surface area contributed by atoms with Crippen molar-refractivity contribution in [2.24, 2.45) is 0 Å². The second kappa shape index (κ2) is 8.84. The van der Waals surface area contributed by atoms with E-state index in [9.17, 15) is 4.79 Å². The third-order valence-electron chi connectivity index (χ3n) is 5.39. The van der Waals surface area contributed by atoms with Gasteiger partial charge in [0.2, 0.25) is 0 Å². The number of methoxy groups -OCH3 is 1. The Labute approximate surface area is 182 Å². The normalized spacial score (nSPS) is 13.0. The number of aryl methyl sites for hydroxylation is 2. The van der Waals surface area contributed by atoms with E-state index in [2.05, 4.69) is 48.2 Å². The molecule has 1 saturated carbocycles. The first kappa shape index (κ1) is 20.4. The van der Waals surface area contributed by atoms with Crippen LogP contribution in [0.25, 0.3) is 0 Å². The SMILES string of the molecule is COc1ccc(NC(=O)c2ccccc2C2CC2)cc1SNc1c(C)cccc1C. The lowest BCUT2D eigenvalue weighted by molar-refractivity contribution is 0.102. The molecule has 0 radical (unpaired) electrons. The Balaban J connectivity index is 1.53. The van der Waals surface area contributed by atoms with E-state index >= 15 is 0 Å². The van der Waals surface area contributed by atoms with Crippen molar-refractivity contribution in [3.63, 3.8) is 0 Å². The largest absolute Gasteiger partial charge is 0.496 e. The summed E-state index contributed by atoms with van der Waals surface area (Å²) in [6.07, 6.45) is 2.33. The first-order valence-electron chi connectivity index (χ1n) is 10.1. The molecule has 5 heteroatoms. The zero-order chi connectivity index (χ0) is 21.1. The Morgan fingerprint density at radius 1 is 1.00 bits per heavy atom. The standard InChI is InChI=1S/C25H26N2O2S/c1-16-7-6-8-17(2)24(16)27-30-23-15-19(13-14-22(23)29-3)26-25(28)21-10-5-4-9-20(21)18-11-12-18/h4-10,13-15,18,27H,11-12H2,1-3H3,(H,26,28). The van der Waals surface area contributed by atoms with Crippen LogP contribution in [0.2, 0.25) is 0 Å². The van der Waals surface area contributed by atoms with Gasteiger partial charge in [-0.05, 0) is 85.5 Å². The topological polar surface area (TPSA) is 50.4 Å². The molecule has 1 amide bonds. The van der Waals surface area contributed by atoms with Crippen LogP contribution in [0.5, 0.6) is 5.75 Å². The summed E-state index contributed by atoms with van der Waals surface area (Å²) < 4.78 is 8.96. The Morgan fingerprint density at radius 3 is 2.43 bits per heavy atom. The molecule has 3 aromatic carbocycles. The van der Waals surface area contributed by atoms with E-state index in [4.69, 9.17) is 4.74 Å². The van der Waals surface area contributed by atoms with Crippen molar-refractivity contribution in [3.05, 3.63) is 82.9 Å². The summed E-state index contributed by atoms with van der Waals surface area (Å²) in [5, 5.41) is 3.06. The highest BCUT2D eigenvalue weighted by molar-refractivity contribution is 8.00. The molecule has 4 nitrogen and oxygen atoms in total. The zero-order valence-electron chi connectivity index (χ0n) is 17.5. The highest BCUT2D eigenvalue weighted by Crippen LogP contribution is 2.42. The van der Waals surface area contributed by atoms with E-state index in [-0.39, 0.29) is 5.91 Å². The third-order valence-corrected chi connectivity index (χ3v) is 6.23. The number of hydrogen-bond acceptors (Lipinski definition) is 4. The van der Waals surface area contributed by atoms with Crippen LogP contribution in [0.3, 0.4) is 0 Å². The van der Waals surface area contributed by atoms with Gasteiger partial charge < -0.3 is 14.8 Å². The molecule has 0 aromatic heterocycles. The maximum atomic E-state index is 12.9. The fraction of sp³-hybridized carbons (Fsp3) is 0.240. The lowest BCUT2D eigenvalue weighted by atomic mass is 10.0. The van der Waals surface area contributed by atoms with E-state index < -0.39 is 0 Å². The molecule has 1 fully saturated rings. The summed E-state index contributed by atoms with van der Waals surface area (Å²) >= 11 is 1.48. The minimum atomic E-state index is -0.0682. The van der Waals surface area contributed by atoms with Crippen LogP contribution < -0.4 is 14.8 Å². The summed E-state index contributed by atoms with van der Waals surface area (Å²) in [4.78, 5) is 13.8. The average Bonchev–Trinajstić information content (AvgIpc) is 3.59. The second-order valence-electron chi connectivity index (χ2n) is 7.65. The summed E-state index contributed by atoms with van der Waals surface area (Å²) in [5.41, 5.74) is 6.12. The molecule has 154 valence electrons. The van der Waals surface area contributed by atoms with Gasteiger partial charge in [0.05, 0.1) is 17.7 Å². The molecule has 0 bridgehead atoms. The minimum absolute atomic E-state index is 0.0682. The Bertz CT molecular complexity index is 1060. The van der Waals surface area contributed by atoms with Crippen molar-refractivity contribution in [3.8, 4) is 5.75 Å². The molecular weight excluding hydrogens is 392 g/mol. The molecule has 0 heterocycles. The van der Waals surface area contributed by atoms with E-state index in [1.165, 1.54) is 23.1 Å². The van der Waals surface area contributed by atoms with Gasteiger partial charge in [-0.1, -0.05) is 36.4 Å². The van der Waals surface area contributed by atoms with Crippen molar-refractivity contribution < 1.29 is 9.53 Å². The molecule has 0 saturated heterocycles. The number of benzene rings is 3. The van der Waals surface area contributed by atoms with Crippen LogP contribution in [-0.2, 0) is 0 Å². The number of carbonyl (C=O) groups is 1. The van der Waals surface area contributed by atoms with Crippen LogP contribution in [-0.4, -0.2) is 13.0 Å². The van der Waals surface area contributed by atoms with Gasteiger partial charge >= 0.3 is 0 Å². The Hall–Kier alpha value is -2.92. The first-order valence-corrected chi connectivity index (χ1v) is 11.0. The number of para-hydroxylation sites is 1. The molecule has 0 unspecified atom stereocenters. The lowest BCUT2D eigenvalue weighted by Crippen LogP contribution is -2.14. The molecule has 0 atom stereocenters.